The number of allylic oxidation sites excluding steroid dienone is 2. The molecule has 0 radical (unpaired) electrons. The summed E-state index contributed by atoms with van der Waals surface area (Å²) >= 11 is 3.41. The molecule has 2 aliphatic heterocycles. The smallest absolute Gasteiger partial charge is 0.241 e. The molecule has 7 nitrogen and oxygen atoms in total. The Morgan fingerprint density at radius 1 is 0.780 bits per heavy atom. The third-order valence-electron chi connectivity index (χ3n) is 9.62. The van der Waals surface area contributed by atoms with Gasteiger partial charge in [-0.2, -0.15) is 0 Å². The van der Waals surface area contributed by atoms with Gasteiger partial charge in [0.15, 0.2) is 0 Å². The van der Waals surface area contributed by atoms with Gasteiger partial charge in [-0.05, 0) is 68.1 Å². The average Bonchev–Trinajstić information content (AvgIpc) is 3.34. The number of phenolic OH excluding ortho intramolecular Hbond substituents is 1. The number of carbonyl (C=O) groups is 4. The van der Waals surface area contributed by atoms with Crippen molar-refractivity contribution in [1.82, 2.24) is 0 Å². The summed E-state index contributed by atoms with van der Waals surface area (Å²) in [5.41, 5.74) is 1.23. The number of aromatic hydroxyl groups is 1. The number of imide groups is 2. The van der Waals surface area contributed by atoms with Crippen molar-refractivity contribution in [1.29, 1.82) is 0 Å². The Hall–Kier alpha value is -4.04. The van der Waals surface area contributed by atoms with Crippen LogP contribution in [0.5, 0.6) is 5.75 Å². The molecule has 7 rings (SSSR count). The lowest BCUT2D eigenvalue weighted by molar-refractivity contribution is -0.131. The molecule has 2 heterocycles. The van der Waals surface area contributed by atoms with Gasteiger partial charge in [0.1, 0.15) is 5.75 Å². The molecule has 4 amide bonds. The Kier molecular flexibility index (Phi) is 5.84. The molecule has 0 spiro atoms. The first-order chi connectivity index (χ1) is 19.7. The van der Waals surface area contributed by atoms with Crippen LogP contribution in [0.25, 0.3) is 0 Å². The van der Waals surface area contributed by atoms with Gasteiger partial charge in [-0.3, -0.25) is 24.1 Å². The molecule has 0 aromatic heterocycles. The van der Waals surface area contributed by atoms with Crippen molar-refractivity contribution in [2.75, 3.05) is 9.80 Å². The molecular weight excluding hydrogens is 584 g/mol. The SMILES string of the molecule is CC12C(=O)N(c3ccccc3)C(=O)C1CC1C(=CCC3C(=O)N(c4ccc(Br)cc4)C(=O)C31)C2c1ccccc1O. The topological polar surface area (TPSA) is 95.0 Å². The van der Waals surface area contributed by atoms with Crippen LogP contribution in [0.15, 0.2) is 95.0 Å². The monoisotopic (exact) mass is 610 g/mol. The molecule has 1 saturated carbocycles. The second-order valence-electron chi connectivity index (χ2n) is 11.5. The predicted molar refractivity (Wildman–Crippen MR) is 156 cm³/mol. The Morgan fingerprint density at radius 3 is 2.15 bits per heavy atom. The Balaban J connectivity index is 1.37. The lowest BCUT2D eigenvalue weighted by atomic mass is 9.51. The first-order valence-electron chi connectivity index (χ1n) is 13.8. The molecule has 2 saturated heterocycles. The number of amides is 4. The van der Waals surface area contributed by atoms with Crippen LogP contribution in [-0.4, -0.2) is 28.7 Å². The summed E-state index contributed by atoms with van der Waals surface area (Å²) in [5, 5.41) is 11.0. The zero-order chi connectivity index (χ0) is 28.6. The molecule has 206 valence electrons. The minimum atomic E-state index is -1.18. The van der Waals surface area contributed by atoms with E-state index in [0.29, 0.717) is 23.4 Å². The molecule has 3 aromatic carbocycles. The van der Waals surface area contributed by atoms with Crippen molar-refractivity contribution >= 4 is 50.9 Å². The molecule has 4 aliphatic rings. The van der Waals surface area contributed by atoms with Crippen LogP contribution in [-0.2, 0) is 19.2 Å². The minimum Gasteiger partial charge on any atom is -0.508 e. The Labute approximate surface area is 245 Å². The van der Waals surface area contributed by atoms with Gasteiger partial charge in [-0.1, -0.05) is 64.0 Å². The quantitative estimate of drug-likeness (QED) is 0.308. The van der Waals surface area contributed by atoms with E-state index < -0.39 is 35.0 Å². The van der Waals surface area contributed by atoms with E-state index in [0.717, 1.165) is 10.0 Å². The summed E-state index contributed by atoms with van der Waals surface area (Å²) in [6.07, 6.45) is 2.61. The van der Waals surface area contributed by atoms with Crippen LogP contribution in [0.1, 0.15) is 31.2 Å². The number of hydrogen-bond donors (Lipinski definition) is 1. The zero-order valence-electron chi connectivity index (χ0n) is 22.2. The minimum absolute atomic E-state index is 0.0323. The van der Waals surface area contributed by atoms with E-state index in [1.807, 2.05) is 19.1 Å². The van der Waals surface area contributed by atoms with Gasteiger partial charge in [-0.25, -0.2) is 4.90 Å². The standard InChI is InChI=1S/C33H27BrN2O5/c1-33-25(30(39)36(32(33)41)19-7-3-2-4-8-19)17-24-21(28(33)22-9-5-6-10-26(22)37)15-16-23-27(24)31(40)35(29(23)38)20-13-11-18(34)12-14-20/h2-15,23-25,27-28,37H,16-17H2,1H3. The highest BCUT2D eigenvalue weighted by Crippen LogP contribution is 2.64. The molecule has 6 unspecified atom stereocenters. The number of para-hydroxylation sites is 2. The van der Waals surface area contributed by atoms with E-state index in [1.54, 1.807) is 72.8 Å². The Bertz CT molecular complexity index is 1650. The van der Waals surface area contributed by atoms with Gasteiger partial charge < -0.3 is 5.11 Å². The van der Waals surface area contributed by atoms with Crippen molar-refractivity contribution in [3.8, 4) is 5.75 Å². The second-order valence-corrected chi connectivity index (χ2v) is 12.5. The van der Waals surface area contributed by atoms with Crippen molar-refractivity contribution in [3.63, 3.8) is 0 Å². The van der Waals surface area contributed by atoms with Crippen molar-refractivity contribution in [2.45, 2.75) is 25.7 Å². The van der Waals surface area contributed by atoms with E-state index in [-0.39, 0.29) is 35.8 Å². The number of nitrogens with zero attached hydrogens (tertiary/aromatic N) is 2. The van der Waals surface area contributed by atoms with E-state index >= 15 is 0 Å². The number of benzene rings is 3. The van der Waals surface area contributed by atoms with E-state index in [2.05, 4.69) is 15.9 Å². The highest BCUT2D eigenvalue weighted by molar-refractivity contribution is 9.10. The van der Waals surface area contributed by atoms with Crippen molar-refractivity contribution in [2.24, 2.45) is 29.1 Å². The molecule has 41 heavy (non-hydrogen) atoms. The highest BCUT2D eigenvalue weighted by Gasteiger charge is 2.67. The van der Waals surface area contributed by atoms with E-state index in [4.69, 9.17) is 0 Å². The molecule has 2 aliphatic carbocycles. The zero-order valence-corrected chi connectivity index (χ0v) is 23.8. The number of carbonyl (C=O) groups excluding carboxylic acids is 4. The molecule has 3 aromatic rings. The van der Waals surface area contributed by atoms with Crippen molar-refractivity contribution in [3.05, 3.63) is 101 Å². The van der Waals surface area contributed by atoms with E-state index in [9.17, 15) is 24.3 Å². The van der Waals surface area contributed by atoms with Gasteiger partial charge in [0.25, 0.3) is 0 Å². The molecular formula is C33H27BrN2O5. The van der Waals surface area contributed by atoms with Gasteiger partial charge in [0.2, 0.25) is 23.6 Å². The van der Waals surface area contributed by atoms with Gasteiger partial charge >= 0.3 is 0 Å². The third-order valence-corrected chi connectivity index (χ3v) is 10.2. The lowest BCUT2D eigenvalue weighted by Gasteiger charge is -2.49. The highest BCUT2D eigenvalue weighted by atomic mass is 79.9. The number of anilines is 2. The van der Waals surface area contributed by atoms with Gasteiger partial charge in [0, 0.05) is 16.0 Å². The average molecular weight is 611 g/mol. The summed E-state index contributed by atoms with van der Waals surface area (Å²) < 4.78 is 0.839. The summed E-state index contributed by atoms with van der Waals surface area (Å²) in [6.45, 7) is 1.82. The number of fused-ring (bicyclic) bond motifs is 4. The van der Waals surface area contributed by atoms with Crippen LogP contribution < -0.4 is 9.80 Å². The fourth-order valence-corrected chi connectivity index (χ4v) is 8.02. The van der Waals surface area contributed by atoms with E-state index in [1.165, 1.54) is 9.80 Å². The van der Waals surface area contributed by atoms with Crippen LogP contribution >= 0.6 is 15.9 Å². The van der Waals surface area contributed by atoms with Crippen LogP contribution in [0.2, 0.25) is 0 Å². The number of rotatable bonds is 3. The Morgan fingerprint density at radius 2 is 1.44 bits per heavy atom. The molecule has 3 fully saturated rings. The lowest BCUT2D eigenvalue weighted by Crippen LogP contribution is -2.48. The van der Waals surface area contributed by atoms with Gasteiger partial charge in [-0.15, -0.1) is 0 Å². The predicted octanol–water partition coefficient (Wildman–Crippen LogP) is 5.59. The summed E-state index contributed by atoms with van der Waals surface area (Å²) in [5.74, 6) is -4.13. The number of halogens is 1. The maximum atomic E-state index is 14.3. The fraction of sp³-hybridized carbons (Fsp3) is 0.273. The van der Waals surface area contributed by atoms with Crippen molar-refractivity contribution < 1.29 is 24.3 Å². The first kappa shape index (κ1) is 25.9. The largest absolute Gasteiger partial charge is 0.508 e. The normalized spacial score (nSPS) is 30.7. The fourth-order valence-electron chi connectivity index (χ4n) is 7.76. The molecule has 6 atom stereocenters. The third kappa shape index (κ3) is 3.56. The van der Waals surface area contributed by atoms with Crippen LogP contribution in [0.3, 0.4) is 0 Å². The summed E-state index contributed by atoms with van der Waals surface area (Å²) in [7, 11) is 0. The summed E-state index contributed by atoms with van der Waals surface area (Å²) in [4.78, 5) is 58.7. The number of phenols is 1. The first-order valence-corrected chi connectivity index (χ1v) is 14.6. The molecule has 0 bridgehead atoms. The van der Waals surface area contributed by atoms with Gasteiger partial charge in [0.05, 0.1) is 34.5 Å². The molecule has 1 N–H and O–H groups in total. The van der Waals surface area contributed by atoms with Crippen LogP contribution in [0, 0.1) is 29.1 Å². The van der Waals surface area contributed by atoms with Crippen LogP contribution in [0.4, 0.5) is 11.4 Å². The number of hydrogen-bond acceptors (Lipinski definition) is 5. The maximum absolute atomic E-state index is 14.3. The second kappa shape index (κ2) is 9.24. The summed E-state index contributed by atoms with van der Waals surface area (Å²) in [6, 6.07) is 22.8. The maximum Gasteiger partial charge on any atom is 0.241 e. The molecule has 8 heteroatoms.